The maximum Gasteiger partial charge on any atom is 0.354 e. The van der Waals surface area contributed by atoms with E-state index in [1.807, 2.05) is 6.92 Å². The van der Waals surface area contributed by atoms with Crippen molar-refractivity contribution < 1.29 is 23.5 Å². The zero-order chi connectivity index (χ0) is 16.8. The zero-order valence-electron chi connectivity index (χ0n) is 12.9. The number of thioether (sulfide) groups is 1. The highest BCUT2D eigenvalue weighted by molar-refractivity contribution is 7.99. The molecule has 0 saturated heterocycles. The summed E-state index contributed by atoms with van der Waals surface area (Å²) < 4.78 is 14.8. The highest BCUT2D eigenvalue weighted by Gasteiger charge is 2.14. The predicted octanol–water partition coefficient (Wildman–Crippen LogP) is 2.58. The van der Waals surface area contributed by atoms with Gasteiger partial charge < -0.3 is 19.2 Å². The van der Waals surface area contributed by atoms with Crippen LogP contribution in [0.2, 0.25) is 0 Å². The van der Waals surface area contributed by atoms with Crippen molar-refractivity contribution in [2.24, 2.45) is 0 Å². The molecule has 0 radical (unpaired) electrons. The van der Waals surface area contributed by atoms with Gasteiger partial charge in [0, 0.05) is 11.8 Å². The van der Waals surface area contributed by atoms with Crippen LogP contribution in [0, 0.1) is 0 Å². The SMILES string of the molecule is CCSc1nc2ccc(N/C(=C/C(=O)OC)C(=O)OC)cc2o1. The van der Waals surface area contributed by atoms with Gasteiger partial charge >= 0.3 is 11.9 Å². The van der Waals surface area contributed by atoms with E-state index in [0.717, 1.165) is 11.8 Å². The Hall–Kier alpha value is -2.48. The summed E-state index contributed by atoms with van der Waals surface area (Å²) in [7, 11) is 2.45. The summed E-state index contributed by atoms with van der Waals surface area (Å²) in [5.74, 6) is -0.498. The second-order valence-electron chi connectivity index (χ2n) is 4.29. The maximum atomic E-state index is 11.7. The molecule has 2 rings (SSSR count). The van der Waals surface area contributed by atoms with Crippen LogP contribution in [0.4, 0.5) is 5.69 Å². The lowest BCUT2D eigenvalue weighted by Crippen LogP contribution is -2.15. The number of oxazole rings is 1. The van der Waals surface area contributed by atoms with Crippen LogP contribution in [0.1, 0.15) is 6.92 Å². The molecular formula is C15H16N2O5S. The van der Waals surface area contributed by atoms with Gasteiger partial charge in [-0.25, -0.2) is 14.6 Å². The fraction of sp³-hybridized carbons (Fsp3) is 0.267. The number of fused-ring (bicyclic) bond motifs is 1. The molecule has 0 bridgehead atoms. The molecule has 7 nitrogen and oxygen atoms in total. The molecule has 0 unspecified atom stereocenters. The van der Waals surface area contributed by atoms with Gasteiger partial charge in [-0.1, -0.05) is 18.7 Å². The summed E-state index contributed by atoms with van der Waals surface area (Å²) in [5, 5.41) is 3.40. The number of rotatable bonds is 6. The number of carbonyl (C=O) groups is 2. The number of ether oxygens (including phenoxy) is 2. The smallest absolute Gasteiger partial charge is 0.354 e. The first-order chi connectivity index (χ1) is 11.1. The van der Waals surface area contributed by atoms with E-state index >= 15 is 0 Å². The first kappa shape index (κ1) is 16.9. The third-order valence-electron chi connectivity index (χ3n) is 2.78. The van der Waals surface area contributed by atoms with Crippen molar-refractivity contribution in [2.45, 2.75) is 12.1 Å². The van der Waals surface area contributed by atoms with Crippen LogP contribution >= 0.6 is 11.8 Å². The minimum absolute atomic E-state index is 0.0404. The molecule has 0 amide bonds. The van der Waals surface area contributed by atoms with E-state index in [1.54, 1.807) is 18.2 Å². The van der Waals surface area contributed by atoms with Gasteiger partial charge in [-0.05, 0) is 17.9 Å². The molecule has 0 fully saturated rings. The van der Waals surface area contributed by atoms with E-state index in [0.29, 0.717) is 22.0 Å². The summed E-state index contributed by atoms with van der Waals surface area (Å²) in [5.41, 5.74) is 1.81. The predicted molar refractivity (Wildman–Crippen MR) is 86.1 cm³/mol. The van der Waals surface area contributed by atoms with Crippen LogP contribution in [0.3, 0.4) is 0 Å². The van der Waals surface area contributed by atoms with E-state index < -0.39 is 11.9 Å². The van der Waals surface area contributed by atoms with Crippen molar-refractivity contribution >= 4 is 40.5 Å². The van der Waals surface area contributed by atoms with E-state index in [1.165, 1.54) is 26.0 Å². The molecule has 0 saturated carbocycles. The van der Waals surface area contributed by atoms with Gasteiger partial charge in [0.05, 0.1) is 20.3 Å². The molecule has 122 valence electrons. The highest BCUT2D eigenvalue weighted by Crippen LogP contribution is 2.26. The van der Waals surface area contributed by atoms with E-state index in [4.69, 9.17) is 4.42 Å². The van der Waals surface area contributed by atoms with Gasteiger partial charge in [0.25, 0.3) is 5.22 Å². The monoisotopic (exact) mass is 336 g/mol. The number of nitrogens with one attached hydrogen (secondary N) is 1. The Bertz CT molecular complexity index is 753. The second-order valence-corrected chi connectivity index (χ2v) is 5.51. The Labute approximate surface area is 137 Å². The van der Waals surface area contributed by atoms with Gasteiger partial charge in [-0.2, -0.15) is 0 Å². The molecule has 2 aromatic rings. The molecule has 0 spiro atoms. The van der Waals surface area contributed by atoms with Gasteiger partial charge in [0.15, 0.2) is 5.58 Å². The molecule has 1 N–H and O–H groups in total. The number of carbonyl (C=O) groups excluding carboxylic acids is 2. The van der Waals surface area contributed by atoms with Gasteiger partial charge in [-0.15, -0.1) is 0 Å². The normalized spacial score (nSPS) is 11.3. The van der Waals surface area contributed by atoms with Crippen LogP contribution in [0.25, 0.3) is 11.1 Å². The van der Waals surface area contributed by atoms with Crippen LogP contribution in [-0.2, 0) is 19.1 Å². The quantitative estimate of drug-likeness (QED) is 0.489. The van der Waals surface area contributed by atoms with Crippen LogP contribution in [0.15, 0.2) is 39.6 Å². The number of esters is 2. The molecule has 0 aliphatic heterocycles. The zero-order valence-corrected chi connectivity index (χ0v) is 13.7. The number of nitrogens with zero attached hydrogens (tertiary/aromatic N) is 1. The lowest BCUT2D eigenvalue weighted by atomic mass is 10.2. The number of hydrogen-bond acceptors (Lipinski definition) is 8. The maximum absolute atomic E-state index is 11.7. The average molecular weight is 336 g/mol. The van der Waals surface area contributed by atoms with E-state index in [-0.39, 0.29) is 5.70 Å². The lowest BCUT2D eigenvalue weighted by molar-refractivity contribution is -0.138. The van der Waals surface area contributed by atoms with Crippen LogP contribution < -0.4 is 5.32 Å². The van der Waals surface area contributed by atoms with E-state index in [2.05, 4.69) is 19.8 Å². The third-order valence-corrected chi connectivity index (χ3v) is 3.49. The second kappa shape index (κ2) is 7.68. The molecular weight excluding hydrogens is 320 g/mol. The number of anilines is 1. The third kappa shape index (κ3) is 4.26. The molecule has 1 aromatic carbocycles. The first-order valence-electron chi connectivity index (χ1n) is 6.75. The van der Waals surface area contributed by atoms with Gasteiger partial charge in [-0.3, -0.25) is 0 Å². The summed E-state index contributed by atoms with van der Waals surface area (Å²) in [6.07, 6.45) is 1.02. The van der Waals surface area contributed by atoms with Gasteiger partial charge in [0.1, 0.15) is 11.2 Å². The summed E-state index contributed by atoms with van der Waals surface area (Å²) >= 11 is 1.50. The summed E-state index contributed by atoms with van der Waals surface area (Å²) in [6.45, 7) is 2.01. The topological polar surface area (TPSA) is 90.7 Å². The van der Waals surface area contributed by atoms with Crippen molar-refractivity contribution in [1.29, 1.82) is 0 Å². The minimum Gasteiger partial charge on any atom is -0.466 e. The molecule has 23 heavy (non-hydrogen) atoms. The van der Waals surface area contributed by atoms with Crippen molar-refractivity contribution in [3.63, 3.8) is 0 Å². The number of hydrogen-bond donors (Lipinski definition) is 1. The Kier molecular flexibility index (Phi) is 5.64. The van der Waals surface area contributed by atoms with Crippen molar-refractivity contribution in [1.82, 2.24) is 4.98 Å². The Morgan fingerprint density at radius 2 is 2.13 bits per heavy atom. The molecule has 8 heteroatoms. The molecule has 1 aromatic heterocycles. The number of aromatic nitrogens is 1. The Balaban J connectivity index is 2.28. The highest BCUT2D eigenvalue weighted by atomic mass is 32.2. The average Bonchev–Trinajstić information content (AvgIpc) is 2.95. The van der Waals surface area contributed by atoms with Crippen molar-refractivity contribution in [3.8, 4) is 0 Å². The molecule has 1 heterocycles. The Morgan fingerprint density at radius 3 is 2.78 bits per heavy atom. The van der Waals surface area contributed by atoms with Crippen molar-refractivity contribution in [2.75, 3.05) is 25.3 Å². The molecule has 0 atom stereocenters. The minimum atomic E-state index is -0.685. The largest absolute Gasteiger partial charge is 0.466 e. The standard InChI is InChI=1S/C15H16N2O5S/c1-4-23-15-17-10-6-5-9(7-12(10)22-15)16-11(14(19)21-3)8-13(18)20-2/h5-8,16H,4H2,1-3H3/b11-8+. The molecule has 0 aliphatic carbocycles. The van der Waals surface area contributed by atoms with Gasteiger partial charge in [0.2, 0.25) is 0 Å². The summed E-state index contributed by atoms with van der Waals surface area (Å²) in [6, 6.07) is 5.17. The summed E-state index contributed by atoms with van der Waals surface area (Å²) in [4.78, 5) is 27.4. The first-order valence-corrected chi connectivity index (χ1v) is 7.74. The number of methoxy groups -OCH3 is 2. The number of benzene rings is 1. The fourth-order valence-electron chi connectivity index (χ4n) is 1.75. The van der Waals surface area contributed by atoms with E-state index in [9.17, 15) is 9.59 Å². The Morgan fingerprint density at radius 1 is 1.35 bits per heavy atom. The fourth-order valence-corrected chi connectivity index (χ4v) is 2.31. The van der Waals surface area contributed by atoms with Crippen LogP contribution in [-0.4, -0.2) is 36.9 Å². The van der Waals surface area contributed by atoms with Crippen molar-refractivity contribution in [3.05, 3.63) is 30.0 Å². The molecule has 0 aliphatic rings. The lowest BCUT2D eigenvalue weighted by Gasteiger charge is -2.08. The van der Waals surface area contributed by atoms with Crippen LogP contribution in [0.5, 0.6) is 0 Å².